The van der Waals surface area contributed by atoms with Gasteiger partial charge in [-0.2, -0.15) is 0 Å². The number of pyridine rings is 1. The lowest BCUT2D eigenvalue weighted by Gasteiger charge is -2.27. The Kier molecular flexibility index (Phi) is 4.51. The van der Waals surface area contributed by atoms with Gasteiger partial charge in [0.1, 0.15) is 5.82 Å². The third-order valence-electron chi connectivity index (χ3n) is 3.05. The highest BCUT2D eigenvalue weighted by atomic mass is 16.6. The average Bonchev–Trinajstić information content (AvgIpc) is 2.40. The van der Waals surface area contributed by atoms with Crippen molar-refractivity contribution in [1.29, 1.82) is 0 Å². The van der Waals surface area contributed by atoms with Crippen molar-refractivity contribution in [2.75, 3.05) is 30.4 Å². The average molecular weight is 265 g/mol. The van der Waals surface area contributed by atoms with Gasteiger partial charge in [0, 0.05) is 25.7 Å². The molecule has 1 aliphatic rings. The summed E-state index contributed by atoms with van der Waals surface area (Å²) < 4.78 is 0. The van der Waals surface area contributed by atoms with E-state index in [0.717, 1.165) is 32.5 Å². The topological polar surface area (TPSA) is 83.3 Å². The van der Waals surface area contributed by atoms with E-state index < -0.39 is 4.92 Å². The summed E-state index contributed by atoms with van der Waals surface area (Å²) >= 11 is 0. The molecule has 1 saturated heterocycles. The minimum atomic E-state index is -0.408. The van der Waals surface area contributed by atoms with E-state index in [9.17, 15) is 10.1 Å². The molecule has 0 radical (unpaired) electrons. The quantitative estimate of drug-likeness (QED) is 0.627. The maximum absolute atomic E-state index is 11.0. The van der Waals surface area contributed by atoms with Crippen molar-refractivity contribution in [2.45, 2.75) is 26.2 Å². The number of hydrogen-bond donors (Lipinski definition) is 2. The normalized spacial score (nSPS) is 16.1. The Morgan fingerprint density at radius 1 is 1.37 bits per heavy atom. The van der Waals surface area contributed by atoms with Crippen molar-refractivity contribution in [3.63, 3.8) is 0 Å². The zero-order chi connectivity index (χ0) is 13.7. The first-order chi connectivity index (χ1) is 9.20. The van der Waals surface area contributed by atoms with Crippen LogP contribution in [0.5, 0.6) is 0 Å². The summed E-state index contributed by atoms with van der Waals surface area (Å²) in [5, 5.41) is 16.1. The van der Waals surface area contributed by atoms with Crippen LogP contribution in [-0.4, -0.2) is 34.6 Å². The lowest BCUT2D eigenvalue weighted by atomic mass is 10.2. The van der Waals surface area contributed by atoms with Crippen LogP contribution in [-0.2, 0) is 0 Å². The molecule has 0 spiro atoms. The molecule has 1 aromatic heterocycles. The van der Waals surface area contributed by atoms with Gasteiger partial charge in [0.15, 0.2) is 0 Å². The van der Waals surface area contributed by atoms with Gasteiger partial charge in [0.2, 0.25) is 5.82 Å². The van der Waals surface area contributed by atoms with Crippen LogP contribution in [0.2, 0.25) is 0 Å². The molecule has 0 saturated carbocycles. The number of aromatic nitrogens is 1. The van der Waals surface area contributed by atoms with Gasteiger partial charge in [-0.15, -0.1) is 0 Å². The number of nitrogens with one attached hydrogen (secondary N) is 2. The second-order valence-electron chi connectivity index (χ2n) is 4.51. The number of piperidine rings is 1. The molecule has 104 valence electrons. The SMILES string of the molecule is CCNc1ccc([N+](=O)[O-])c(NN2CCCCC2)n1. The van der Waals surface area contributed by atoms with Gasteiger partial charge in [-0.05, 0) is 25.8 Å². The number of nitro groups is 1. The lowest BCUT2D eigenvalue weighted by Crippen LogP contribution is -2.35. The van der Waals surface area contributed by atoms with Crippen LogP contribution >= 0.6 is 0 Å². The molecule has 0 unspecified atom stereocenters. The number of anilines is 2. The number of nitrogens with zero attached hydrogens (tertiary/aromatic N) is 3. The van der Waals surface area contributed by atoms with E-state index in [0.29, 0.717) is 11.6 Å². The molecule has 7 nitrogen and oxygen atoms in total. The smallest absolute Gasteiger partial charge is 0.312 e. The Morgan fingerprint density at radius 3 is 2.74 bits per heavy atom. The van der Waals surface area contributed by atoms with E-state index >= 15 is 0 Å². The van der Waals surface area contributed by atoms with Gasteiger partial charge in [-0.1, -0.05) is 6.42 Å². The molecule has 0 aliphatic carbocycles. The highest BCUT2D eigenvalue weighted by molar-refractivity contribution is 5.59. The second kappa shape index (κ2) is 6.33. The maximum Gasteiger partial charge on any atom is 0.312 e. The van der Waals surface area contributed by atoms with Crippen molar-refractivity contribution in [2.24, 2.45) is 0 Å². The zero-order valence-corrected chi connectivity index (χ0v) is 11.1. The third-order valence-corrected chi connectivity index (χ3v) is 3.05. The van der Waals surface area contributed by atoms with Crippen LogP contribution in [0.3, 0.4) is 0 Å². The van der Waals surface area contributed by atoms with Crippen LogP contribution in [0.4, 0.5) is 17.3 Å². The van der Waals surface area contributed by atoms with E-state index in [1.54, 1.807) is 6.07 Å². The summed E-state index contributed by atoms with van der Waals surface area (Å²) in [6.07, 6.45) is 3.42. The first-order valence-corrected chi connectivity index (χ1v) is 6.61. The zero-order valence-electron chi connectivity index (χ0n) is 11.1. The van der Waals surface area contributed by atoms with Crippen molar-refractivity contribution in [1.82, 2.24) is 9.99 Å². The molecule has 2 N–H and O–H groups in total. The van der Waals surface area contributed by atoms with Crippen molar-refractivity contribution < 1.29 is 4.92 Å². The fourth-order valence-electron chi connectivity index (χ4n) is 2.12. The lowest BCUT2D eigenvalue weighted by molar-refractivity contribution is -0.384. The van der Waals surface area contributed by atoms with Gasteiger partial charge in [0.25, 0.3) is 0 Å². The molecule has 0 bridgehead atoms. The van der Waals surface area contributed by atoms with Crippen molar-refractivity contribution in [3.8, 4) is 0 Å². The van der Waals surface area contributed by atoms with Gasteiger partial charge in [-0.25, -0.2) is 9.99 Å². The monoisotopic (exact) mass is 265 g/mol. The van der Waals surface area contributed by atoms with Gasteiger partial charge >= 0.3 is 5.69 Å². The molecule has 2 heterocycles. The van der Waals surface area contributed by atoms with Crippen molar-refractivity contribution in [3.05, 3.63) is 22.2 Å². The molecule has 0 atom stereocenters. The molecule has 0 amide bonds. The van der Waals surface area contributed by atoms with Crippen LogP contribution in [0.15, 0.2) is 12.1 Å². The summed E-state index contributed by atoms with van der Waals surface area (Å²) in [6.45, 7) is 4.48. The number of hydrogen-bond acceptors (Lipinski definition) is 6. The van der Waals surface area contributed by atoms with Crippen LogP contribution in [0.1, 0.15) is 26.2 Å². The molecule has 1 aromatic rings. The molecule has 1 aliphatic heterocycles. The van der Waals surface area contributed by atoms with E-state index in [-0.39, 0.29) is 5.69 Å². The second-order valence-corrected chi connectivity index (χ2v) is 4.51. The van der Waals surface area contributed by atoms with E-state index in [2.05, 4.69) is 15.7 Å². The summed E-state index contributed by atoms with van der Waals surface area (Å²) in [4.78, 5) is 14.9. The predicted molar refractivity (Wildman–Crippen MR) is 74.1 cm³/mol. The Labute approximate surface area is 112 Å². The Bertz CT molecular complexity index is 446. The Balaban J connectivity index is 2.18. The third kappa shape index (κ3) is 3.54. The summed E-state index contributed by atoms with van der Waals surface area (Å²) in [7, 11) is 0. The van der Waals surface area contributed by atoms with Gasteiger partial charge < -0.3 is 5.32 Å². The summed E-state index contributed by atoms with van der Waals surface area (Å²) in [5.74, 6) is 0.956. The van der Waals surface area contributed by atoms with Crippen molar-refractivity contribution >= 4 is 17.3 Å². The fourth-order valence-corrected chi connectivity index (χ4v) is 2.12. The number of rotatable bonds is 5. The van der Waals surface area contributed by atoms with E-state index in [4.69, 9.17) is 0 Å². The maximum atomic E-state index is 11.0. The van der Waals surface area contributed by atoms with Crippen LogP contribution < -0.4 is 10.7 Å². The highest BCUT2D eigenvalue weighted by Gasteiger charge is 2.19. The summed E-state index contributed by atoms with van der Waals surface area (Å²) in [6, 6.07) is 3.11. The molecule has 1 fully saturated rings. The molecular weight excluding hydrogens is 246 g/mol. The van der Waals surface area contributed by atoms with E-state index in [1.807, 2.05) is 11.9 Å². The molecule has 0 aromatic carbocycles. The van der Waals surface area contributed by atoms with E-state index in [1.165, 1.54) is 12.5 Å². The van der Waals surface area contributed by atoms with Crippen LogP contribution in [0.25, 0.3) is 0 Å². The number of hydrazine groups is 1. The molecular formula is C12H19N5O2. The molecule has 7 heteroatoms. The first-order valence-electron chi connectivity index (χ1n) is 6.61. The first kappa shape index (κ1) is 13.5. The highest BCUT2D eigenvalue weighted by Crippen LogP contribution is 2.25. The standard InChI is InChI=1S/C12H19N5O2/c1-2-13-11-7-6-10(17(18)19)12(14-11)15-16-8-4-3-5-9-16/h6-7H,2-5,8-9H2,1H3,(H2,13,14,15). The minimum absolute atomic E-state index is 0.00669. The molecule has 19 heavy (non-hydrogen) atoms. The largest absolute Gasteiger partial charge is 0.370 e. The fraction of sp³-hybridized carbons (Fsp3) is 0.583. The Hall–Kier alpha value is -1.89. The van der Waals surface area contributed by atoms with Gasteiger partial charge in [-0.3, -0.25) is 15.5 Å². The van der Waals surface area contributed by atoms with Crippen LogP contribution in [0, 0.1) is 10.1 Å². The Morgan fingerprint density at radius 2 is 2.11 bits per heavy atom. The predicted octanol–water partition coefficient (Wildman–Crippen LogP) is 2.23. The minimum Gasteiger partial charge on any atom is -0.370 e. The molecule has 2 rings (SSSR count). The summed E-state index contributed by atoms with van der Waals surface area (Å²) in [5.41, 5.74) is 3.08. The van der Waals surface area contributed by atoms with Gasteiger partial charge in [0.05, 0.1) is 4.92 Å².